The Kier molecular flexibility index (Phi) is 7.83. The predicted octanol–water partition coefficient (Wildman–Crippen LogP) is 4.99. The lowest BCUT2D eigenvalue weighted by atomic mass is 10.0. The standard InChI is InChI=1S/C16H29NO/c1-4-6-7-8-9-10-15(17-13-5-2)16-12-11-14(3)18-16/h11-12,15,17H,4-10,13H2,1-3H3. The molecule has 0 aliphatic heterocycles. The number of aryl methyl sites for hydroxylation is 1. The van der Waals surface area contributed by atoms with Gasteiger partial charge in [-0.25, -0.2) is 0 Å². The Hall–Kier alpha value is -0.760. The van der Waals surface area contributed by atoms with Crippen LogP contribution in [0.1, 0.15) is 76.4 Å². The molecule has 0 amide bonds. The second-order valence-electron chi connectivity index (χ2n) is 5.16. The van der Waals surface area contributed by atoms with E-state index in [2.05, 4.69) is 31.3 Å². The van der Waals surface area contributed by atoms with Gasteiger partial charge in [0.2, 0.25) is 0 Å². The fourth-order valence-corrected chi connectivity index (χ4v) is 2.26. The molecule has 1 N–H and O–H groups in total. The number of unbranched alkanes of at least 4 members (excludes halogenated alkanes) is 4. The van der Waals surface area contributed by atoms with Gasteiger partial charge in [-0.05, 0) is 38.4 Å². The van der Waals surface area contributed by atoms with Crippen LogP contribution in [0.4, 0.5) is 0 Å². The SMILES string of the molecule is CCCCCCCC(NCCC)c1ccc(C)o1. The van der Waals surface area contributed by atoms with Crippen molar-refractivity contribution < 1.29 is 4.42 Å². The normalized spacial score (nSPS) is 12.8. The quantitative estimate of drug-likeness (QED) is 0.593. The van der Waals surface area contributed by atoms with Gasteiger partial charge in [0.05, 0.1) is 6.04 Å². The molecular formula is C16H29NO. The van der Waals surface area contributed by atoms with Gasteiger partial charge in [-0.15, -0.1) is 0 Å². The van der Waals surface area contributed by atoms with Crippen LogP contribution in [-0.2, 0) is 0 Å². The monoisotopic (exact) mass is 251 g/mol. The molecule has 0 radical (unpaired) electrons. The van der Waals surface area contributed by atoms with E-state index in [0.717, 1.165) is 18.1 Å². The highest BCUT2D eigenvalue weighted by Crippen LogP contribution is 2.22. The topological polar surface area (TPSA) is 25.2 Å². The Morgan fingerprint density at radius 3 is 2.44 bits per heavy atom. The smallest absolute Gasteiger partial charge is 0.121 e. The van der Waals surface area contributed by atoms with Crippen molar-refractivity contribution in [3.8, 4) is 0 Å². The maximum Gasteiger partial charge on any atom is 0.121 e. The first-order chi connectivity index (χ1) is 8.77. The van der Waals surface area contributed by atoms with Crippen molar-refractivity contribution in [2.75, 3.05) is 6.54 Å². The fraction of sp³-hybridized carbons (Fsp3) is 0.750. The molecule has 0 fully saturated rings. The number of furan rings is 1. The van der Waals surface area contributed by atoms with E-state index in [-0.39, 0.29) is 0 Å². The summed E-state index contributed by atoms with van der Waals surface area (Å²) in [5, 5.41) is 3.60. The molecule has 18 heavy (non-hydrogen) atoms. The highest BCUT2D eigenvalue weighted by molar-refractivity contribution is 5.09. The molecule has 104 valence electrons. The molecule has 0 aliphatic rings. The van der Waals surface area contributed by atoms with E-state index in [0.29, 0.717) is 6.04 Å². The molecule has 0 bridgehead atoms. The van der Waals surface area contributed by atoms with Gasteiger partial charge in [0.1, 0.15) is 11.5 Å². The van der Waals surface area contributed by atoms with Gasteiger partial charge in [0, 0.05) is 0 Å². The molecule has 2 nitrogen and oxygen atoms in total. The van der Waals surface area contributed by atoms with Crippen LogP contribution >= 0.6 is 0 Å². The van der Waals surface area contributed by atoms with Crippen molar-refractivity contribution in [3.63, 3.8) is 0 Å². The summed E-state index contributed by atoms with van der Waals surface area (Å²) in [6.45, 7) is 7.55. The first-order valence-corrected chi connectivity index (χ1v) is 7.57. The largest absolute Gasteiger partial charge is 0.465 e. The number of nitrogens with one attached hydrogen (secondary N) is 1. The summed E-state index contributed by atoms with van der Waals surface area (Å²) in [4.78, 5) is 0. The van der Waals surface area contributed by atoms with E-state index < -0.39 is 0 Å². The summed E-state index contributed by atoms with van der Waals surface area (Å²) in [6.07, 6.45) is 9.05. The zero-order valence-corrected chi connectivity index (χ0v) is 12.3. The predicted molar refractivity (Wildman–Crippen MR) is 77.9 cm³/mol. The minimum atomic E-state index is 0.403. The summed E-state index contributed by atoms with van der Waals surface area (Å²) < 4.78 is 5.76. The molecular weight excluding hydrogens is 222 g/mol. The van der Waals surface area contributed by atoms with Gasteiger partial charge in [0.25, 0.3) is 0 Å². The van der Waals surface area contributed by atoms with Crippen molar-refractivity contribution >= 4 is 0 Å². The van der Waals surface area contributed by atoms with Crippen LogP contribution in [0.15, 0.2) is 16.5 Å². The molecule has 0 aliphatic carbocycles. The van der Waals surface area contributed by atoms with Crippen LogP contribution in [0.2, 0.25) is 0 Å². The van der Waals surface area contributed by atoms with E-state index in [4.69, 9.17) is 4.42 Å². The summed E-state index contributed by atoms with van der Waals surface area (Å²) in [5.41, 5.74) is 0. The average molecular weight is 251 g/mol. The number of hydrogen-bond acceptors (Lipinski definition) is 2. The molecule has 2 heteroatoms. The lowest BCUT2D eigenvalue weighted by Gasteiger charge is -2.16. The van der Waals surface area contributed by atoms with Crippen molar-refractivity contribution in [1.82, 2.24) is 5.32 Å². The zero-order chi connectivity index (χ0) is 13.2. The van der Waals surface area contributed by atoms with Crippen LogP contribution in [0.3, 0.4) is 0 Å². The summed E-state index contributed by atoms with van der Waals surface area (Å²) in [7, 11) is 0. The van der Waals surface area contributed by atoms with Crippen molar-refractivity contribution in [1.29, 1.82) is 0 Å². The minimum Gasteiger partial charge on any atom is -0.465 e. The van der Waals surface area contributed by atoms with E-state index in [1.54, 1.807) is 0 Å². The fourth-order valence-electron chi connectivity index (χ4n) is 2.26. The maximum atomic E-state index is 5.76. The molecule has 0 saturated heterocycles. The highest BCUT2D eigenvalue weighted by Gasteiger charge is 2.13. The van der Waals surface area contributed by atoms with Gasteiger partial charge >= 0.3 is 0 Å². The summed E-state index contributed by atoms with van der Waals surface area (Å²) >= 11 is 0. The third-order valence-corrected chi connectivity index (χ3v) is 3.34. The third kappa shape index (κ3) is 5.72. The van der Waals surface area contributed by atoms with E-state index in [9.17, 15) is 0 Å². The second kappa shape index (κ2) is 9.21. The molecule has 0 saturated carbocycles. The van der Waals surface area contributed by atoms with Crippen LogP contribution in [0.5, 0.6) is 0 Å². The lowest BCUT2D eigenvalue weighted by Crippen LogP contribution is -2.21. The first kappa shape index (κ1) is 15.3. The van der Waals surface area contributed by atoms with Gasteiger partial charge in [-0.3, -0.25) is 0 Å². The van der Waals surface area contributed by atoms with Gasteiger partial charge in [-0.1, -0.05) is 46.0 Å². The third-order valence-electron chi connectivity index (χ3n) is 3.34. The Bertz CT molecular complexity index is 306. The average Bonchev–Trinajstić information content (AvgIpc) is 2.79. The lowest BCUT2D eigenvalue weighted by molar-refractivity contribution is 0.375. The Morgan fingerprint density at radius 1 is 1.06 bits per heavy atom. The molecule has 1 heterocycles. The molecule has 1 rings (SSSR count). The highest BCUT2D eigenvalue weighted by atomic mass is 16.3. The Balaban J connectivity index is 2.36. The minimum absolute atomic E-state index is 0.403. The molecule has 1 aromatic rings. The maximum absolute atomic E-state index is 5.76. The first-order valence-electron chi connectivity index (χ1n) is 7.57. The van der Waals surface area contributed by atoms with Crippen LogP contribution in [0.25, 0.3) is 0 Å². The molecule has 1 unspecified atom stereocenters. The summed E-state index contributed by atoms with van der Waals surface area (Å²) in [6, 6.07) is 4.59. The van der Waals surface area contributed by atoms with E-state index >= 15 is 0 Å². The molecule has 1 atom stereocenters. The van der Waals surface area contributed by atoms with Crippen molar-refractivity contribution in [2.24, 2.45) is 0 Å². The van der Waals surface area contributed by atoms with Crippen LogP contribution < -0.4 is 5.32 Å². The van der Waals surface area contributed by atoms with Gasteiger partial charge in [-0.2, -0.15) is 0 Å². The van der Waals surface area contributed by atoms with Gasteiger partial charge < -0.3 is 9.73 Å². The van der Waals surface area contributed by atoms with Crippen molar-refractivity contribution in [3.05, 3.63) is 23.7 Å². The number of rotatable bonds is 10. The number of hydrogen-bond donors (Lipinski definition) is 1. The van der Waals surface area contributed by atoms with Crippen LogP contribution in [-0.4, -0.2) is 6.54 Å². The zero-order valence-electron chi connectivity index (χ0n) is 12.3. The second-order valence-corrected chi connectivity index (χ2v) is 5.16. The Morgan fingerprint density at radius 2 is 1.83 bits per heavy atom. The van der Waals surface area contributed by atoms with Crippen molar-refractivity contribution in [2.45, 2.75) is 71.8 Å². The molecule has 1 aromatic heterocycles. The van der Waals surface area contributed by atoms with E-state index in [1.165, 1.54) is 44.9 Å². The molecule has 0 spiro atoms. The van der Waals surface area contributed by atoms with Crippen LogP contribution in [0, 0.1) is 6.92 Å². The van der Waals surface area contributed by atoms with Gasteiger partial charge in [0.15, 0.2) is 0 Å². The molecule has 0 aromatic carbocycles. The van der Waals surface area contributed by atoms with E-state index in [1.807, 2.05) is 6.92 Å². The Labute approximate surface area is 112 Å². The summed E-state index contributed by atoms with van der Waals surface area (Å²) in [5.74, 6) is 2.12.